The number of aromatic nitrogens is 1. The van der Waals surface area contributed by atoms with Crippen molar-refractivity contribution >= 4 is 17.0 Å². The number of nitrogens with one attached hydrogen (secondary N) is 4. The summed E-state index contributed by atoms with van der Waals surface area (Å²) in [6, 6.07) is 18.4. The lowest BCUT2D eigenvalue weighted by Crippen LogP contribution is -2.56. The summed E-state index contributed by atoms with van der Waals surface area (Å²) in [5.41, 5.74) is 8.36. The van der Waals surface area contributed by atoms with Crippen molar-refractivity contribution in [2.24, 2.45) is 5.92 Å². The van der Waals surface area contributed by atoms with Crippen molar-refractivity contribution in [2.45, 2.75) is 126 Å². The Balaban J connectivity index is 1.12. The van der Waals surface area contributed by atoms with Gasteiger partial charge in [-0.1, -0.05) is 63.5 Å². The van der Waals surface area contributed by atoms with Gasteiger partial charge in [-0.25, -0.2) is 0 Å². The zero-order valence-electron chi connectivity index (χ0n) is 39.4. The first kappa shape index (κ1) is 45.7. The van der Waals surface area contributed by atoms with Crippen LogP contribution in [0.5, 0.6) is 28.7 Å². The molecule has 10 rings (SSSR count). The van der Waals surface area contributed by atoms with Gasteiger partial charge in [0.1, 0.15) is 29.0 Å². The van der Waals surface area contributed by atoms with Gasteiger partial charge < -0.3 is 55.0 Å². The number of H-pyrrole nitrogens is 1. The highest BCUT2D eigenvalue weighted by molar-refractivity contribution is 5.89. The van der Waals surface area contributed by atoms with Crippen LogP contribution in [0.25, 0.3) is 28.1 Å². The number of allylic oxidation sites excluding steroid dienone is 1. The average molecular weight is 913 g/mol. The molecule has 0 amide bonds. The van der Waals surface area contributed by atoms with E-state index in [9.17, 15) is 20.4 Å². The number of ether oxygens (including phenoxy) is 4. The maximum absolute atomic E-state index is 11.5. The Hall–Kier alpha value is -5.08. The quantitative estimate of drug-likeness (QED) is 0.0352. The number of benzene rings is 4. The van der Waals surface area contributed by atoms with Crippen molar-refractivity contribution < 1.29 is 39.4 Å². The number of phenols is 2. The summed E-state index contributed by atoms with van der Waals surface area (Å²) >= 11 is 0. The third-order valence-corrected chi connectivity index (χ3v) is 15.2. The maximum Gasteiger partial charge on any atom is 0.160 e. The average Bonchev–Trinajstić information content (AvgIpc) is 3.80. The maximum atomic E-state index is 11.5. The van der Waals surface area contributed by atoms with Gasteiger partial charge in [0, 0.05) is 72.1 Å². The van der Waals surface area contributed by atoms with E-state index in [0.717, 1.165) is 79.8 Å². The normalized spacial score (nSPS) is 24.0. The second-order valence-electron chi connectivity index (χ2n) is 20.5. The van der Waals surface area contributed by atoms with Gasteiger partial charge in [-0.05, 0) is 127 Å². The second-order valence-corrected chi connectivity index (χ2v) is 20.5. The van der Waals surface area contributed by atoms with E-state index in [4.69, 9.17) is 18.9 Å². The highest BCUT2D eigenvalue weighted by Crippen LogP contribution is 2.60. The van der Waals surface area contributed by atoms with E-state index >= 15 is 0 Å². The zero-order chi connectivity index (χ0) is 46.5. The van der Waals surface area contributed by atoms with E-state index in [2.05, 4.69) is 77.3 Å². The second kappa shape index (κ2) is 18.8. The lowest BCUT2D eigenvalue weighted by atomic mass is 9.64. The van der Waals surface area contributed by atoms with E-state index in [1.54, 1.807) is 19.2 Å². The van der Waals surface area contributed by atoms with E-state index in [1.807, 2.05) is 25.3 Å². The Bertz CT molecular complexity index is 2630. The van der Waals surface area contributed by atoms with Crippen LogP contribution in [-0.4, -0.2) is 89.0 Å². The Morgan fingerprint density at radius 3 is 2.54 bits per heavy atom. The zero-order valence-corrected chi connectivity index (χ0v) is 39.4. The lowest BCUT2D eigenvalue weighted by Gasteiger charge is -2.48. The Labute approximate surface area is 394 Å². The number of hydrogen-bond donors (Lipinski definition) is 8. The SMILES string of the molecule is COc1cc(C2Oc3c(c4c(c5c3CCC(CO)O5)-c3ccc(O)c5c3C(C4)C(c3ccc4[nH]ccc4c3)C=C5)CC2(CNCNCC(C)(O)CC(C)C)OCNC2CCCCC2)ccc1O. The Morgan fingerprint density at radius 2 is 1.73 bits per heavy atom. The fraction of sp³-hybridized carbons (Fsp3) is 0.491. The summed E-state index contributed by atoms with van der Waals surface area (Å²) in [6.07, 6.45) is 14.2. The van der Waals surface area contributed by atoms with Gasteiger partial charge in [0.25, 0.3) is 0 Å². The number of phenolic OH excluding ortho intramolecular Hbond substituents is 2. The molecule has 0 saturated heterocycles. The molecule has 6 unspecified atom stereocenters. The van der Waals surface area contributed by atoms with Crippen LogP contribution >= 0.6 is 0 Å². The summed E-state index contributed by atoms with van der Waals surface area (Å²) in [5.74, 6) is 2.49. The first-order valence-corrected chi connectivity index (χ1v) is 24.6. The van der Waals surface area contributed by atoms with Crippen molar-refractivity contribution in [3.63, 3.8) is 0 Å². The molecule has 1 aromatic heterocycles. The van der Waals surface area contributed by atoms with Crippen molar-refractivity contribution in [1.82, 2.24) is 20.9 Å². The third kappa shape index (κ3) is 8.81. The van der Waals surface area contributed by atoms with Crippen LogP contribution in [0.3, 0.4) is 0 Å². The summed E-state index contributed by atoms with van der Waals surface area (Å²) in [6.45, 7) is 7.56. The molecule has 0 bridgehead atoms. The molecule has 3 aliphatic carbocycles. The summed E-state index contributed by atoms with van der Waals surface area (Å²) in [4.78, 5) is 3.35. The van der Waals surface area contributed by atoms with Gasteiger partial charge >= 0.3 is 0 Å². The van der Waals surface area contributed by atoms with E-state index in [0.29, 0.717) is 76.3 Å². The van der Waals surface area contributed by atoms with Gasteiger partial charge in [0.05, 0.1) is 26.0 Å². The standard InChI is InChI=1S/C55H68N4O8/c1-32(2)25-54(3,63)28-56-30-57-29-55(65-31-59-36-8-6-5-7-9-36)26-44-43-24-42-38(33-10-17-45-34(22-33)20-21-58-45)14-15-39-46(61)19-16-40(49(39)42)50(43)52-41(13-12-37(27-60)66-52)51(44)67-53(55)35-11-18-47(62)48(23-35)64-4/h10-11,14-23,32,36-38,42,53,56-63H,5-9,12-13,24-31H2,1-4H3. The van der Waals surface area contributed by atoms with Gasteiger partial charge in [-0.15, -0.1) is 0 Å². The Morgan fingerprint density at radius 1 is 0.910 bits per heavy atom. The van der Waals surface area contributed by atoms with Crippen LogP contribution in [-0.2, 0) is 24.0 Å². The smallest absolute Gasteiger partial charge is 0.160 e. The molecule has 4 aromatic carbocycles. The molecular weight excluding hydrogens is 845 g/mol. The molecule has 2 aliphatic heterocycles. The largest absolute Gasteiger partial charge is 0.507 e. The van der Waals surface area contributed by atoms with Crippen molar-refractivity contribution in [3.05, 3.63) is 106 Å². The highest BCUT2D eigenvalue weighted by Gasteiger charge is 2.51. The topological polar surface area (TPSA) is 170 Å². The molecule has 1 fully saturated rings. The predicted molar refractivity (Wildman–Crippen MR) is 261 cm³/mol. The molecule has 6 atom stereocenters. The van der Waals surface area contributed by atoms with Crippen LogP contribution in [0.2, 0.25) is 0 Å². The number of aromatic hydroxyl groups is 2. The molecule has 5 aliphatic rings. The minimum Gasteiger partial charge on any atom is -0.507 e. The molecule has 0 radical (unpaired) electrons. The number of fused-ring (bicyclic) bond motifs is 8. The van der Waals surface area contributed by atoms with E-state index in [-0.39, 0.29) is 36.0 Å². The van der Waals surface area contributed by atoms with Crippen LogP contribution in [0.15, 0.2) is 66.9 Å². The molecule has 5 aromatic rings. The fourth-order valence-electron chi connectivity index (χ4n) is 12.2. The summed E-state index contributed by atoms with van der Waals surface area (Å²) < 4.78 is 27.5. The van der Waals surface area contributed by atoms with Gasteiger partial charge in [0.15, 0.2) is 17.6 Å². The van der Waals surface area contributed by atoms with Gasteiger partial charge in [-0.2, -0.15) is 0 Å². The number of hydrogen-bond acceptors (Lipinski definition) is 11. The minimum absolute atomic E-state index is 0.0151. The van der Waals surface area contributed by atoms with Crippen molar-refractivity contribution in [1.29, 1.82) is 0 Å². The number of methoxy groups -OCH3 is 1. The van der Waals surface area contributed by atoms with Crippen LogP contribution in [0, 0.1) is 5.92 Å². The van der Waals surface area contributed by atoms with Gasteiger partial charge in [-0.3, -0.25) is 5.32 Å². The highest BCUT2D eigenvalue weighted by atomic mass is 16.6. The predicted octanol–water partition coefficient (Wildman–Crippen LogP) is 8.64. The number of rotatable bonds is 16. The molecule has 8 N–H and O–H groups in total. The molecule has 12 nitrogen and oxygen atoms in total. The van der Waals surface area contributed by atoms with E-state index < -0.39 is 17.3 Å². The first-order chi connectivity index (χ1) is 32.5. The van der Waals surface area contributed by atoms with Crippen LogP contribution in [0.4, 0.5) is 0 Å². The fourth-order valence-corrected chi connectivity index (χ4v) is 12.2. The number of aliphatic hydroxyl groups is 2. The molecule has 67 heavy (non-hydrogen) atoms. The summed E-state index contributed by atoms with van der Waals surface area (Å²) in [7, 11) is 1.56. The Kier molecular flexibility index (Phi) is 12.8. The van der Waals surface area contributed by atoms with Crippen LogP contribution in [0.1, 0.15) is 123 Å². The first-order valence-electron chi connectivity index (χ1n) is 24.6. The molecule has 0 spiro atoms. The molecule has 356 valence electrons. The van der Waals surface area contributed by atoms with Crippen molar-refractivity contribution in [3.8, 4) is 39.9 Å². The monoisotopic (exact) mass is 913 g/mol. The van der Waals surface area contributed by atoms with Crippen LogP contribution < -0.4 is 30.2 Å². The molecule has 1 saturated carbocycles. The lowest BCUT2D eigenvalue weighted by molar-refractivity contribution is -0.132. The number of aromatic amines is 1. The minimum atomic E-state index is -0.991. The molecule has 12 heteroatoms. The molecular formula is C55H68N4O8. The summed E-state index contributed by atoms with van der Waals surface area (Å²) in [5, 5.41) is 56.2. The molecule has 3 heterocycles. The van der Waals surface area contributed by atoms with E-state index in [1.165, 1.54) is 24.8 Å². The third-order valence-electron chi connectivity index (χ3n) is 15.2. The van der Waals surface area contributed by atoms with Gasteiger partial charge in [0.2, 0.25) is 0 Å². The number of aliphatic hydroxyl groups excluding tert-OH is 1. The van der Waals surface area contributed by atoms with Crippen molar-refractivity contribution in [2.75, 3.05) is 40.2 Å².